The molecule has 0 bridgehead atoms. The zero-order valence-corrected chi connectivity index (χ0v) is 19.2. The molecule has 2 N–H and O–H groups in total. The van der Waals surface area contributed by atoms with Gasteiger partial charge in [0.25, 0.3) is 0 Å². The van der Waals surface area contributed by atoms with Crippen molar-refractivity contribution in [2.45, 2.75) is 17.2 Å². The van der Waals surface area contributed by atoms with Gasteiger partial charge < -0.3 is 15.2 Å². The zero-order valence-electron chi connectivity index (χ0n) is 16.1. The molecule has 2 aromatic rings. The van der Waals surface area contributed by atoms with E-state index >= 15 is 0 Å². The van der Waals surface area contributed by atoms with Crippen LogP contribution in [0.25, 0.3) is 0 Å². The summed E-state index contributed by atoms with van der Waals surface area (Å²) in [5, 5.41) is 12.2. The fourth-order valence-electron chi connectivity index (χ4n) is 2.80. The first-order valence-electron chi connectivity index (χ1n) is 8.79. The number of imide groups is 1. The minimum absolute atomic E-state index is 0.0260. The number of phenolic OH excluding ortho intramolecular Hbond substituents is 1. The number of phenols is 1. The number of carbonyl (C=O) groups is 2. The normalized spacial score (nSPS) is 17.1. The molecule has 1 aliphatic rings. The molecule has 0 radical (unpaired) electrons. The Labute approximate surface area is 200 Å². The highest BCUT2D eigenvalue weighted by atomic mass is 35.5. The van der Waals surface area contributed by atoms with Crippen LogP contribution in [0.2, 0.25) is 10.0 Å². The maximum Gasteiger partial charge on any atom is 0.487 e. The summed E-state index contributed by atoms with van der Waals surface area (Å²) in [5.74, 6) is -1.45. The van der Waals surface area contributed by atoms with E-state index in [9.17, 15) is 23.5 Å². The number of halogens is 5. The van der Waals surface area contributed by atoms with Crippen molar-refractivity contribution in [3.8, 4) is 11.5 Å². The van der Waals surface area contributed by atoms with Gasteiger partial charge in [-0.3, -0.25) is 14.6 Å². The van der Waals surface area contributed by atoms with Gasteiger partial charge in [-0.25, -0.2) is 4.90 Å². The van der Waals surface area contributed by atoms with E-state index in [1.807, 2.05) is 0 Å². The van der Waals surface area contributed by atoms with Crippen LogP contribution in [0.3, 0.4) is 0 Å². The van der Waals surface area contributed by atoms with Gasteiger partial charge in [0.1, 0.15) is 11.0 Å². The van der Waals surface area contributed by atoms with E-state index in [1.165, 1.54) is 43.4 Å². The average Bonchev–Trinajstić information content (AvgIpc) is 2.98. The Kier molecular flexibility index (Phi) is 7.39. The summed E-state index contributed by atoms with van der Waals surface area (Å²) in [5.41, 5.74) is -3.25. The molecule has 1 saturated heterocycles. The lowest BCUT2D eigenvalue weighted by Gasteiger charge is -2.17. The first kappa shape index (κ1) is 24.4. The predicted octanol–water partition coefficient (Wildman–Crippen LogP) is 5.33. The molecular formula is C19H14Cl3F2N3O4S. The van der Waals surface area contributed by atoms with Crippen molar-refractivity contribution in [2.24, 2.45) is 4.99 Å². The number of ether oxygens (including phenoxy) is 1. The number of hydrogen-bond donors (Lipinski definition) is 2. The first-order chi connectivity index (χ1) is 15.0. The van der Waals surface area contributed by atoms with Crippen molar-refractivity contribution in [2.75, 3.05) is 17.3 Å². The highest BCUT2D eigenvalue weighted by Crippen LogP contribution is 2.36. The Bertz CT molecular complexity index is 1060. The molecule has 1 aliphatic heterocycles. The maximum atomic E-state index is 12.8. The second-order valence-corrected chi connectivity index (χ2v) is 8.81. The van der Waals surface area contributed by atoms with Crippen LogP contribution in [0.4, 0.5) is 20.2 Å². The van der Waals surface area contributed by atoms with Crippen molar-refractivity contribution >= 4 is 74.9 Å². The lowest BCUT2D eigenvalue weighted by atomic mass is 10.3. The van der Waals surface area contributed by atoms with Crippen LogP contribution in [0, 0.1) is 0 Å². The van der Waals surface area contributed by atoms with E-state index in [0.29, 0.717) is 10.9 Å². The zero-order chi connectivity index (χ0) is 23.6. The second-order valence-electron chi connectivity index (χ2n) is 6.36. The Morgan fingerprint density at radius 1 is 1.25 bits per heavy atom. The Morgan fingerprint density at radius 3 is 2.38 bits per heavy atom. The summed E-state index contributed by atoms with van der Waals surface area (Å²) in [4.78, 5) is 30.3. The average molecular weight is 525 g/mol. The van der Waals surface area contributed by atoms with Crippen LogP contribution in [0.15, 0.2) is 41.4 Å². The molecule has 32 heavy (non-hydrogen) atoms. The molecule has 1 unspecified atom stereocenters. The number of hydrogen-bond acceptors (Lipinski definition) is 6. The number of amides is 2. The Hall–Kier alpha value is -2.27. The largest absolute Gasteiger partial charge is 0.505 e. The first-order valence-corrected chi connectivity index (χ1v) is 10.8. The highest BCUT2D eigenvalue weighted by molar-refractivity contribution is 8.15. The molecule has 7 nitrogen and oxygen atoms in total. The molecule has 0 aromatic heterocycles. The standard InChI is InChI=1S/C19H14Cl3F2N3O4S/c1-25-18(26-9-6-12(20)16(29)13(21)7-9)32-14-8-15(28)27(17(14)30)10-2-4-11(5-3-10)31-19(22,23)24/h2-7,14,29H,8H2,1H3,(H,25,26). The minimum atomic E-state index is -3.88. The molecule has 1 fully saturated rings. The summed E-state index contributed by atoms with van der Waals surface area (Å²) in [7, 11) is 1.49. The van der Waals surface area contributed by atoms with Gasteiger partial charge in [0.15, 0.2) is 10.9 Å². The quantitative estimate of drug-likeness (QED) is 0.181. The van der Waals surface area contributed by atoms with Crippen molar-refractivity contribution in [1.29, 1.82) is 0 Å². The van der Waals surface area contributed by atoms with E-state index in [4.69, 9.17) is 34.8 Å². The number of nitrogens with zero attached hydrogens (tertiary/aromatic N) is 2. The molecule has 0 spiro atoms. The molecule has 1 heterocycles. The van der Waals surface area contributed by atoms with E-state index in [1.54, 1.807) is 0 Å². The third kappa shape index (κ3) is 5.74. The number of rotatable bonds is 5. The maximum absolute atomic E-state index is 12.8. The van der Waals surface area contributed by atoms with E-state index < -0.39 is 22.6 Å². The monoisotopic (exact) mass is 523 g/mol. The van der Waals surface area contributed by atoms with Gasteiger partial charge in [-0.05, 0) is 36.4 Å². The fraction of sp³-hybridized carbons (Fsp3) is 0.211. The molecule has 1 atom stereocenters. The number of amidine groups is 1. The van der Waals surface area contributed by atoms with Gasteiger partial charge >= 0.3 is 5.57 Å². The minimum Gasteiger partial charge on any atom is -0.505 e. The molecule has 2 amide bonds. The fourth-order valence-corrected chi connectivity index (χ4v) is 4.36. The smallest absolute Gasteiger partial charge is 0.487 e. The van der Waals surface area contributed by atoms with Crippen LogP contribution >= 0.6 is 46.6 Å². The lowest BCUT2D eigenvalue weighted by molar-refractivity contribution is -0.121. The van der Waals surface area contributed by atoms with E-state index in [2.05, 4.69) is 15.0 Å². The molecule has 170 valence electrons. The topological polar surface area (TPSA) is 91.2 Å². The number of alkyl halides is 3. The van der Waals surface area contributed by atoms with Crippen molar-refractivity contribution in [3.63, 3.8) is 0 Å². The third-order valence-corrected chi connectivity index (χ3v) is 5.97. The van der Waals surface area contributed by atoms with Crippen LogP contribution < -0.4 is 15.0 Å². The second kappa shape index (κ2) is 9.70. The summed E-state index contributed by atoms with van der Waals surface area (Å²) < 4.78 is 29.7. The number of carbonyl (C=O) groups excluding carboxylic acids is 2. The van der Waals surface area contributed by atoms with Crippen LogP contribution in [0.1, 0.15) is 6.42 Å². The highest BCUT2D eigenvalue weighted by Gasteiger charge is 2.41. The molecule has 0 aliphatic carbocycles. The Balaban J connectivity index is 1.71. The molecular weight excluding hydrogens is 511 g/mol. The summed E-state index contributed by atoms with van der Waals surface area (Å²) in [6, 6.07) is 7.80. The van der Waals surface area contributed by atoms with Gasteiger partial charge in [-0.15, -0.1) is 8.78 Å². The van der Waals surface area contributed by atoms with E-state index in [-0.39, 0.29) is 33.7 Å². The third-order valence-electron chi connectivity index (χ3n) is 4.16. The van der Waals surface area contributed by atoms with Crippen LogP contribution in [0.5, 0.6) is 11.5 Å². The SMILES string of the molecule is CN=C(Nc1cc(Cl)c(O)c(Cl)c1)SC1CC(=O)N(c2ccc(OC(F)(F)Cl)cc2)C1=O. The number of nitrogens with one attached hydrogen (secondary N) is 1. The van der Waals surface area contributed by atoms with Gasteiger partial charge in [-0.2, -0.15) is 0 Å². The van der Waals surface area contributed by atoms with Crippen molar-refractivity contribution < 1.29 is 28.2 Å². The van der Waals surface area contributed by atoms with Gasteiger partial charge in [0.2, 0.25) is 11.8 Å². The summed E-state index contributed by atoms with van der Waals surface area (Å²) in [6.45, 7) is 0. The van der Waals surface area contributed by atoms with Gasteiger partial charge in [0, 0.05) is 30.8 Å². The van der Waals surface area contributed by atoms with E-state index in [0.717, 1.165) is 16.7 Å². The van der Waals surface area contributed by atoms with Crippen LogP contribution in [-0.4, -0.2) is 40.0 Å². The Morgan fingerprint density at radius 2 is 1.84 bits per heavy atom. The molecule has 3 rings (SSSR count). The van der Waals surface area contributed by atoms with Crippen molar-refractivity contribution in [1.82, 2.24) is 0 Å². The predicted molar refractivity (Wildman–Crippen MR) is 121 cm³/mol. The summed E-state index contributed by atoms with van der Waals surface area (Å²) >= 11 is 17.6. The van der Waals surface area contributed by atoms with Gasteiger partial charge in [-0.1, -0.05) is 35.0 Å². The number of benzene rings is 2. The summed E-state index contributed by atoms with van der Waals surface area (Å²) in [6.07, 6.45) is -0.0979. The molecule has 2 aromatic carbocycles. The lowest BCUT2D eigenvalue weighted by Crippen LogP contribution is -2.31. The number of thioether (sulfide) groups is 1. The number of aromatic hydroxyl groups is 1. The molecule has 0 saturated carbocycles. The number of anilines is 2. The van der Waals surface area contributed by atoms with Gasteiger partial charge in [0.05, 0.1) is 15.7 Å². The van der Waals surface area contributed by atoms with Crippen molar-refractivity contribution in [3.05, 3.63) is 46.4 Å². The molecule has 13 heteroatoms. The number of aliphatic imine (C=N–C) groups is 1. The van der Waals surface area contributed by atoms with Crippen LogP contribution in [-0.2, 0) is 9.59 Å².